The van der Waals surface area contributed by atoms with Gasteiger partial charge in [-0.05, 0) is 65.0 Å². The number of nitrogens with one attached hydrogen (secondary N) is 1. The van der Waals surface area contributed by atoms with Gasteiger partial charge < -0.3 is 20.7 Å². The fourth-order valence-corrected chi connectivity index (χ4v) is 3.68. The zero-order valence-electron chi connectivity index (χ0n) is 14.8. The fraction of sp³-hybridized carbons (Fsp3) is 0.778. The first-order chi connectivity index (χ1) is 11.7. The van der Waals surface area contributed by atoms with E-state index < -0.39 is 0 Å². The first kappa shape index (κ1) is 17.4. The van der Waals surface area contributed by atoms with Gasteiger partial charge in [-0.3, -0.25) is 0 Å². The average molecular weight is 333 g/mol. The van der Waals surface area contributed by atoms with Crippen molar-refractivity contribution in [2.24, 2.45) is 0 Å². The predicted octanol–water partition coefficient (Wildman–Crippen LogP) is 2.59. The molecule has 134 valence electrons. The number of ether oxygens (including phenoxy) is 1. The number of aryl methyl sites for hydroxylation is 1. The normalized spacial score (nSPS) is 25.0. The summed E-state index contributed by atoms with van der Waals surface area (Å²) in [6, 6.07) is 0.379. The summed E-state index contributed by atoms with van der Waals surface area (Å²) in [5.74, 6) is 1.19. The number of anilines is 2. The van der Waals surface area contributed by atoms with Gasteiger partial charge in [-0.25, -0.2) is 4.98 Å². The highest BCUT2D eigenvalue weighted by atomic mass is 16.5. The second-order valence-electron chi connectivity index (χ2n) is 7.16. The molecule has 0 amide bonds. The van der Waals surface area contributed by atoms with Crippen molar-refractivity contribution in [3.63, 3.8) is 0 Å². The molecule has 2 atom stereocenters. The van der Waals surface area contributed by atoms with Crippen LogP contribution in [0.15, 0.2) is 6.20 Å². The molecule has 3 rings (SSSR count). The summed E-state index contributed by atoms with van der Waals surface area (Å²) in [7, 11) is 0. The first-order valence-electron chi connectivity index (χ1n) is 9.40. The second kappa shape index (κ2) is 8.62. The van der Waals surface area contributed by atoms with Crippen LogP contribution < -0.4 is 11.1 Å². The van der Waals surface area contributed by atoms with Gasteiger partial charge in [0.05, 0.1) is 6.10 Å². The monoisotopic (exact) mass is 333 g/mol. The van der Waals surface area contributed by atoms with Gasteiger partial charge in [0.15, 0.2) is 0 Å². The third-order valence-corrected chi connectivity index (χ3v) is 5.14. The molecule has 2 aliphatic rings. The van der Waals surface area contributed by atoms with Crippen molar-refractivity contribution < 1.29 is 4.74 Å². The lowest BCUT2D eigenvalue weighted by atomic mass is 9.93. The highest BCUT2D eigenvalue weighted by Crippen LogP contribution is 2.24. The number of hydrogen-bond donors (Lipinski definition) is 2. The Morgan fingerprint density at radius 3 is 2.92 bits per heavy atom. The Bertz CT molecular complexity index is 518. The minimum absolute atomic E-state index is 0.359. The summed E-state index contributed by atoms with van der Waals surface area (Å²) in [5.41, 5.74) is 6.79. The molecule has 1 aromatic heterocycles. The highest BCUT2D eigenvalue weighted by Gasteiger charge is 2.23. The van der Waals surface area contributed by atoms with Crippen molar-refractivity contribution >= 4 is 11.8 Å². The van der Waals surface area contributed by atoms with E-state index in [1.54, 1.807) is 6.20 Å². The van der Waals surface area contributed by atoms with E-state index in [4.69, 9.17) is 10.5 Å². The van der Waals surface area contributed by atoms with E-state index in [1.165, 1.54) is 45.3 Å². The van der Waals surface area contributed by atoms with Gasteiger partial charge in [-0.2, -0.15) is 4.98 Å². The maximum absolute atomic E-state index is 6.12. The van der Waals surface area contributed by atoms with E-state index in [-0.39, 0.29) is 0 Å². The molecule has 6 nitrogen and oxygen atoms in total. The molecule has 0 unspecified atom stereocenters. The minimum atomic E-state index is 0.359. The van der Waals surface area contributed by atoms with Crippen LogP contribution in [0, 0.1) is 6.92 Å². The van der Waals surface area contributed by atoms with Crippen molar-refractivity contribution in [1.82, 2.24) is 14.9 Å². The molecule has 1 saturated carbocycles. The summed E-state index contributed by atoms with van der Waals surface area (Å²) >= 11 is 0. The van der Waals surface area contributed by atoms with Crippen molar-refractivity contribution in [3.05, 3.63) is 11.8 Å². The molecule has 1 aliphatic heterocycles. The lowest BCUT2D eigenvalue weighted by Crippen LogP contribution is -2.33. The average Bonchev–Trinajstić information content (AvgIpc) is 3.09. The van der Waals surface area contributed by atoms with Gasteiger partial charge in [0.1, 0.15) is 5.82 Å². The van der Waals surface area contributed by atoms with E-state index in [0.717, 1.165) is 31.4 Å². The maximum Gasteiger partial charge on any atom is 0.224 e. The predicted molar refractivity (Wildman–Crippen MR) is 97.1 cm³/mol. The van der Waals surface area contributed by atoms with Gasteiger partial charge in [-0.15, -0.1) is 0 Å². The standard InChI is InChI=1S/C18H31N5O/c1-14-13-20-18(22-17(14)19)21-15-6-4-7-16(12-15)24-11-5-10-23-8-2-3-9-23/h13,15-16H,2-12H2,1H3,(H3,19,20,21,22)/t15-,16+/m0/s1. The molecule has 1 aromatic rings. The molecule has 0 radical (unpaired) electrons. The zero-order chi connectivity index (χ0) is 16.8. The van der Waals surface area contributed by atoms with E-state index in [1.807, 2.05) is 6.92 Å². The summed E-state index contributed by atoms with van der Waals surface area (Å²) in [5, 5.41) is 3.42. The number of rotatable bonds is 7. The molecule has 1 saturated heterocycles. The van der Waals surface area contributed by atoms with Gasteiger partial charge >= 0.3 is 0 Å². The van der Waals surface area contributed by atoms with Crippen LogP contribution in [-0.4, -0.2) is 53.3 Å². The molecule has 0 spiro atoms. The van der Waals surface area contributed by atoms with E-state index in [9.17, 15) is 0 Å². The molecule has 0 aromatic carbocycles. The molecule has 3 N–H and O–H groups in total. The molecule has 2 heterocycles. The molecular formula is C18H31N5O. The highest BCUT2D eigenvalue weighted by molar-refractivity contribution is 5.42. The third kappa shape index (κ3) is 5.05. The smallest absolute Gasteiger partial charge is 0.224 e. The Hall–Kier alpha value is -1.40. The number of nitrogens with two attached hydrogens (primary N) is 1. The SMILES string of the molecule is Cc1cnc(N[C@H]2CCC[C@@H](OCCCN3CCCC3)C2)nc1N. The van der Waals surface area contributed by atoms with E-state index >= 15 is 0 Å². The number of nitrogen functional groups attached to an aromatic ring is 1. The quantitative estimate of drug-likeness (QED) is 0.747. The fourth-order valence-electron chi connectivity index (χ4n) is 3.68. The maximum atomic E-state index is 6.12. The van der Waals surface area contributed by atoms with Crippen LogP contribution in [0.25, 0.3) is 0 Å². The van der Waals surface area contributed by atoms with Gasteiger partial charge in [-0.1, -0.05) is 0 Å². The van der Waals surface area contributed by atoms with E-state index in [0.29, 0.717) is 23.9 Å². The molecule has 24 heavy (non-hydrogen) atoms. The van der Waals surface area contributed by atoms with Gasteiger partial charge in [0.25, 0.3) is 0 Å². The molecule has 6 heteroatoms. The summed E-state index contributed by atoms with van der Waals surface area (Å²) < 4.78 is 6.12. The van der Waals surface area contributed by atoms with Crippen molar-refractivity contribution in [1.29, 1.82) is 0 Å². The van der Waals surface area contributed by atoms with Crippen LogP contribution in [0.4, 0.5) is 11.8 Å². The minimum Gasteiger partial charge on any atom is -0.383 e. The van der Waals surface area contributed by atoms with Gasteiger partial charge in [0, 0.05) is 31.0 Å². The Morgan fingerprint density at radius 1 is 1.29 bits per heavy atom. The first-order valence-corrected chi connectivity index (χ1v) is 9.40. The Morgan fingerprint density at radius 2 is 2.12 bits per heavy atom. The largest absolute Gasteiger partial charge is 0.383 e. The van der Waals surface area contributed by atoms with Crippen molar-refractivity contribution in [2.75, 3.05) is 37.3 Å². The summed E-state index contributed by atoms with van der Waals surface area (Å²) in [6.07, 6.45) is 10.5. The lowest BCUT2D eigenvalue weighted by molar-refractivity contribution is 0.0213. The Balaban J connectivity index is 1.38. The topological polar surface area (TPSA) is 76.3 Å². The Kier molecular flexibility index (Phi) is 6.26. The third-order valence-electron chi connectivity index (χ3n) is 5.14. The van der Waals surface area contributed by atoms with Crippen LogP contribution >= 0.6 is 0 Å². The zero-order valence-corrected chi connectivity index (χ0v) is 14.8. The number of nitrogens with zero attached hydrogens (tertiary/aromatic N) is 3. The van der Waals surface area contributed by atoms with Crippen LogP contribution in [-0.2, 0) is 4.74 Å². The van der Waals surface area contributed by atoms with Crippen LogP contribution in [0.3, 0.4) is 0 Å². The number of likely N-dealkylation sites (tertiary alicyclic amines) is 1. The molecule has 0 bridgehead atoms. The van der Waals surface area contributed by atoms with E-state index in [2.05, 4.69) is 20.2 Å². The molecule has 1 aliphatic carbocycles. The Labute approximate surface area is 145 Å². The molecular weight excluding hydrogens is 302 g/mol. The number of aromatic nitrogens is 2. The second-order valence-corrected chi connectivity index (χ2v) is 7.16. The van der Waals surface area contributed by atoms with Crippen molar-refractivity contribution in [3.8, 4) is 0 Å². The van der Waals surface area contributed by atoms with Gasteiger partial charge in [0.2, 0.25) is 5.95 Å². The number of hydrogen-bond acceptors (Lipinski definition) is 6. The molecule has 2 fully saturated rings. The lowest BCUT2D eigenvalue weighted by Gasteiger charge is -2.30. The summed E-state index contributed by atoms with van der Waals surface area (Å²) in [6.45, 7) is 6.53. The van der Waals surface area contributed by atoms with Crippen molar-refractivity contribution in [2.45, 2.75) is 64.0 Å². The van der Waals surface area contributed by atoms with Crippen LogP contribution in [0.2, 0.25) is 0 Å². The summed E-state index contributed by atoms with van der Waals surface area (Å²) in [4.78, 5) is 11.2. The van der Waals surface area contributed by atoms with Crippen LogP contribution in [0.5, 0.6) is 0 Å². The van der Waals surface area contributed by atoms with Crippen LogP contribution in [0.1, 0.15) is 50.5 Å².